The van der Waals surface area contributed by atoms with Crippen LogP contribution in [0.1, 0.15) is 35.6 Å². The zero-order valence-electron chi connectivity index (χ0n) is 13.0. The minimum absolute atomic E-state index is 0.0645. The summed E-state index contributed by atoms with van der Waals surface area (Å²) in [6.07, 6.45) is 6.05. The van der Waals surface area contributed by atoms with Gasteiger partial charge in [-0.05, 0) is 42.0 Å². The Morgan fingerprint density at radius 2 is 2.13 bits per heavy atom. The van der Waals surface area contributed by atoms with Gasteiger partial charge in [-0.15, -0.1) is 0 Å². The molecule has 0 N–H and O–H groups in total. The molecule has 0 saturated carbocycles. The highest BCUT2D eigenvalue weighted by molar-refractivity contribution is 5.82. The van der Waals surface area contributed by atoms with Gasteiger partial charge in [-0.2, -0.15) is 0 Å². The molecule has 1 amide bonds. The Balaban J connectivity index is 1.75. The van der Waals surface area contributed by atoms with Crippen LogP contribution in [0.25, 0.3) is 0 Å². The van der Waals surface area contributed by atoms with Gasteiger partial charge in [0, 0.05) is 25.5 Å². The van der Waals surface area contributed by atoms with E-state index in [0.29, 0.717) is 6.61 Å². The van der Waals surface area contributed by atoms with Crippen molar-refractivity contribution in [3.05, 3.63) is 65.5 Å². The van der Waals surface area contributed by atoms with Gasteiger partial charge in [0.2, 0.25) is 0 Å². The molecule has 0 spiro atoms. The number of aromatic nitrogens is 1. The highest BCUT2D eigenvalue weighted by Crippen LogP contribution is 2.36. The van der Waals surface area contributed by atoms with E-state index < -0.39 is 0 Å². The molecule has 23 heavy (non-hydrogen) atoms. The Morgan fingerprint density at radius 1 is 1.22 bits per heavy atom. The van der Waals surface area contributed by atoms with Gasteiger partial charge >= 0.3 is 0 Å². The summed E-state index contributed by atoms with van der Waals surface area (Å²) in [5.74, 6) is 0.117. The fourth-order valence-electron chi connectivity index (χ4n) is 3.66. The number of rotatable bonds is 2. The van der Waals surface area contributed by atoms with E-state index in [4.69, 9.17) is 4.74 Å². The van der Waals surface area contributed by atoms with Crippen LogP contribution in [0.3, 0.4) is 0 Å². The molecule has 1 fully saturated rings. The third-order valence-electron chi connectivity index (χ3n) is 4.77. The average Bonchev–Trinajstić information content (AvgIpc) is 3.15. The lowest BCUT2D eigenvalue weighted by Gasteiger charge is -2.38. The summed E-state index contributed by atoms with van der Waals surface area (Å²) >= 11 is 0. The Kier molecular flexibility index (Phi) is 3.83. The molecule has 1 aromatic carbocycles. The number of benzene rings is 1. The Morgan fingerprint density at radius 3 is 2.91 bits per heavy atom. The number of hydrogen-bond acceptors (Lipinski definition) is 3. The van der Waals surface area contributed by atoms with Gasteiger partial charge in [0.25, 0.3) is 5.91 Å². The summed E-state index contributed by atoms with van der Waals surface area (Å²) in [6, 6.07) is 12.3. The molecule has 2 atom stereocenters. The molecule has 0 radical (unpaired) electrons. The number of carbonyl (C=O) groups excluding carboxylic acids is 1. The number of hydrogen-bond donors (Lipinski definition) is 0. The molecule has 0 bridgehead atoms. The third kappa shape index (κ3) is 2.63. The minimum atomic E-state index is -0.278. The van der Waals surface area contributed by atoms with Crippen LogP contribution in [0, 0.1) is 0 Å². The van der Waals surface area contributed by atoms with E-state index in [0.717, 1.165) is 31.4 Å². The molecule has 1 aromatic heterocycles. The van der Waals surface area contributed by atoms with Gasteiger partial charge in [0.05, 0.1) is 6.04 Å². The molecule has 0 aliphatic carbocycles. The van der Waals surface area contributed by atoms with Crippen LogP contribution in [0.5, 0.6) is 0 Å². The quantitative estimate of drug-likeness (QED) is 0.857. The van der Waals surface area contributed by atoms with E-state index in [9.17, 15) is 4.79 Å². The summed E-state index contributed by atoms with van der Waals surface area (Å²) in [5, 5.41) is 0. The van der Waals surface area contributed by atoms with Crippen molar-refractivity contribution in [1.82, 2.24) is 9.88 Å². The maximum atomic E-state index is 13.0. The molecule has 4 heteroatoms. The molecule has 2 unspecified atom stereocenters. The number of nitrogens with zero attached hydrogens (tertiary/aromatic N) is 2. The fraction of sp³-hybridized carbons (Fsp3) is 0.368. The second-order valence-electron chi connectivity index (χ2n) is 6.17. The number of carbonyl (C=O) groups is 1. The molecule has 4 nitrogen and oxygen atoms in total. The number of pyridine rings is 1. The van der Waals surface area contributed by atoms with Crippen molar-refractivity contribution < 1.29 is 9.53 Å². The van der Waals surface area contributed by atoms with E-state index >= 15 is 0 Å². The summed E-state index contributed by atoms with van der Waals surface area (Å²) in [5.41, 5.74) is 3.59. The lowest BCUT2D eigenvalue weighted by atomic mass is 9.88. The molecule has 4 rings (SSSR count). The fourth-order valence-corrected chi connectivity index (χ4v) is 3.66. The summed E-state index contributed by atoms with van der Waals surface area (Å²) in [4.78, 5) is 19.2. The van der Waals surface area contributed by atoms with Crippen molar-refractivity contribution in [2.75, 3.05) is 13.2 Å². The Bertz CT molecular complexity index is 696. The van der Waals surface area contributed by atoms with Crippen molar-refractivity contribution in [3.63, 3.8) is 0 Å². The van der Waals surface area contributed by atoms with Crippen LogP contribution in [0.2, 0.25) is 0 Å². The van der Waals surface area contributed by atoms with Crippen molar-refractivity contribution in [1.29, 1.82) is 0 Å². The molecule has 2 aromatic rings. The monoisotopic (exact) mass is 308 g/mol. The van der Waals surface area contributed by atoms with Crippen molar-refractivity contribution in [3.8, 4) is 0 Å². The van der Waals surface area contributed by atoms with Crippen LogP contribution in [-0.2, 0) is 16.0 Å². The van der Waals surface area contributed by atoms with Crippen LogP contribution in [0.15, 0.2) is 48.8 Å². The predicted molar refractivity (Wildman–Crippen MR) is 86.9 cm³/mol. The topological polar surface area (TPSA) is 42.4 Å². The first-order valence-corrected chi connectivity index (χ1v) is 8.24. The Hall–Kier alpha value is -2.20. The molecule has 2 aliphatic heterocycles. The van der Waals surface area contributed by atoms with Gasteiger partial charge < -0.3 is 9.64 Å². The first-order valence-electron chi connectivity index (χ1n) is 8.24. The highest BCUT2D eigenvalue weighted by atomic mass is 16.5. The van der Waals surface area contributed by atoms with Crippen LogP contribution in [0.4, 0.5) is 0 Å². The van der Waals surface area contributed by atoms with Crippen molar-refractivity contribution in [2.45, 2.75) is 31.4 Å². The van der Waals surface area contributed by atoms with Gasteiger partial charge in [-0.3, -0.25) is 9.78 Å². The van der Waals surface area contributed by atoms with Crippen molar-refractivity contribution >= 4 is 5.91 Å². The van der Waals surface area contributed by atoms with Gasteiger partial charge in [0.1, 0.15) is 6.10 Å². The van der Waals surface area contributed by atoms with E-state index in [2.05, 4.69) is 29.2 Å². The zero-order valence-corrected chi connectivity index (χ0v) is 13.0. The van der Waals surface area contributed by atoms with E-state index in [1.165, 1.54) is 11.1 Å². The van der Waals surface area contributed by atoms with Gasteiger partial charge in [-0.1, -0.05) is 30.3 Å². The number of fused-ring (bicyclic) bond motifs is 1. The second-order valence-corrected chi connectivity index (χ2v) is 6.17. The first-order chi connectivity index (χ1) is 11.3. The number of ether oxygens (including phenoxy) is 1. The number of amides is 1. The van der Waals surface area contributed by atoms with Gasteiger partial charge in [0.15, 0.2) is 0 Å². The lowest BCUT2D eigenvalue weighted by Crippen LogP contribution is -2.45. The lowest BCUT2D eigenvalue weighted by molar-refractivity contribution is -0.143. The third-order valence-corrected chi connectivity index (χ3v) is 4.77. The maximum Gasteiger partial charge on any atom is 0.252 e. The van der Waals surface area contributed by atoms with Gasteiger partial charge in [-0.25, -0.2) is 0 Å². The summed E-state index contributed by atoms with van der Waals surface area (Å²) in [7, 11) is 0. The SMILES string of the molecule is O=C(C1CCCO1)N1CCc2ccccc2C1c1cccnc1. The van der Waals surface area contributed by atoms with Crippen LogP contribution >= 0.6 is 0 Å². The normalized spacial score (nSPS) is 23.6. The smallest absolute Gasteiger partial charge is 0.252 e. The van der Waals surface area contributed by atoms with Crippen LogP contribution < -0.4 is 0 Å². The maximum absolute atomic E-state index is 13.0. The van der Waals surface area contributed by atoms with E-state index in [-0.39, 0.29) is 18.1 Å². The van der Waals surface area contributed by atoms with E-state index in [1.54, 1.807) is 6.20 Å². The average molecular weight is 308 g/mol. The minimum Gasteiger partial charge on any atom is -0.368 e. The molecular formula is C19H20N2O2. The zero-order chi connectivity index (χ0) is 15.6. The summed E-state index contributed by atoms with van der Waals surface area (Å²) in [6.45, 7) is 1.42. The molecule has 118 valence electrons. The molecule has 2 aliphatic rings. The molecular weight excluding hydrogens is 288 g/mol. The largest absolute Gasteiger partial charge is 0.368 e. The predicted octanol–water partition coefficient (Wildman–Crippen LogP) is 2.73. The summed E-state index contributed by atoms with van der Waals surface area (Å²) < 4.78 is 5.63. The standard InChI is InChI=1S/C19H20N2O2/c22-19(17-8-4-12-23-17)21-11-9-14-5-1-2-7-16(14)18(21)15-6-3-10-20-13-15/h1-3,5-7,10,13,17-18H,4,8-9,11-12H2. The van der Waals surface area contributed by atoms with Crippen LogP contribution in [-0.4, -0.2) is 35.0 Å². The van der Waals surface area contributed by atoms with E-state index in [1.807, 2.05) is 23.2 Å². The molecule has 3 heterocycles. The van der Waals surface area contributed by atoms with Crippen molar-refractivity contribution in [2.24, 2.45) is 0 Å². The highest BCUT2D eigenvalue weighted by Gasteiger charge is 2.36. The first kappa shape index (κ1) is 14.4. The second kappa shape index (κ2) is 6.13. The Labute approximate surface area is 136 Å². The molecule has 1 saturated heterocycles.